The fraction of sp³-hybridized carbons (Fsp3) is 0.188. The molecule has 0 heterocycles. The van der Waals surface area contributed by atoms with Gasteiger partial charge in [0.05, 0.1) is 15.9 Å². The number of hydrogen-bond acceptors (Lipinski definition) is 5. The molecule has 0 aliphatic rings. The summed E-state index contributed by atoms with van der Waals surface area (Å²) >= 11 is 0. The lowest BCUT2D eigenvalue weighted by atomic mass is 10.1. The SMILES string of the molecule is CC(NC(=O)Nc1ccc([N+](=O)[O-])cc1)c1ccc(S(C)(=O)=O)cc1. The summed E-state index contributed by atoms with van der Waals surface area (Å²) in [5, 5.41) is 15.9. The smallest absolute Gasteiger partial charge is 0.319 e. The van der Waals surface area contributed by atoms with Crippen LogP contribution in [0.1, 0.15) is 18.5 Å². The molecule has 8 nitrogen and oxygen atoms in total. The second-order valence-electron chi connectivity index (χ2n) is 5.47. The van der Waals surface area contributed by atoms with E-state index in [1.807, 2.05) is 0 Å². The Bertz CT molecular complexity index is 877. The van der Waals surface area contributed by atoms with Crippen LogP contribution in [0.25, 0.3) is 0 Å². The van der Waals surface area contributed by atoms with E-state index < -0.39 is 20.8 Å². The van der Waals surface area contributed by atoms with Gasteiger partial charge in [0.1, 0.15) is 0 Å². The van der Waals surface area contributed by atoms with Crippen molar-refractivity contribution in [3.63, 3.8) is 0 Å². The highest BCUT2D eigenvalue weighted by molar-refractivity contribution is 7.90. The zero-order valence-corrected chi connectivity index (χ0v) is 14.4. The molecule has 0 aliphatic heterocycles. The first-order valence-electron chi connectivity index (χ1n) is 7.29. The van der Waals surface area contributed by atoms with Gasteiger partial charge in [0.25, 0.3) is 5.69 Å². The second-order valence-corrected chi connectivity index (χ2v) is 7.48. The number of nitrogens with zero attached hydrogens (tertiary/aromatic N) is 1. The van der Waals surface area contributed by atoms with Crippen molar-refractivity contribution in [1.82, 2.24) is 5.32 Å². The summed E-state index contributed by atoms with van der Waals surface area (Å²) in [5.74, 6) is 0. The topological polar surface area (TPSA) is 118 Å². The molecular formula is C16H17N3O5S. The summed E-state index contributed by atoms with van der Waals surface area (Å²) in [4.78, 5) is 22.3. The molecule has 25 heavy (non-hydrogen) atoms. The van der Waals surface area contributed by atoms with Crippen molar-refractivity contribution in [3.05, 3.63) is 64.2 Å². The fourth-order valence-corrected chi connectivity index (χ4v) is 2.75. The largest absolute Gasteiger partial charge is 0.331 e. The molecule has 1 atom stereocenters. The Morgan fingerprint density at radius 3 is 2.12 bits per heavy atom. The monoisotopic (exact) mass is 363 g/mol. The van der Waals surface area contributed by atoms with Crippen LogP contribution in [0.2, 0.25) is 0 Å². The summed E-state index contributed by atoms with van der Waals surface area (Å²) in [7, 11) is -3.27. The Morgan fingerprint density at radius 1 is 1.08 bits per heavy atom. The first-order chi connectivity index (χ1) is 11.7. The summed E-state index contributed by atoms with van der Waals surface area (Å²) in [6.07, 6.45) is 1.13. The van der Waals surface area contributed by atoms with Gasteiger partial charge in [0.15, 0.2) is 9.84 Å². The highest BCUT2D eigenvalue weighted by Crippen LogP contribution is 2.18. The molecule has 0 spiro atoms. The minimum atomic E-state index is -3.27. The molecule has 2 aromatic carbocycles. The van der Waals surface area contributed by atoms with Crippen molar-refractivity contribution in [3.8, 4) is 0 Å². The predicted octanol–water partition coefficient (Wildman–Crippen LogP) is 2.88. The van der Waals surface area contributed by atoms with Crippen LogP contribution in [0, 0.1) is 10.1 Å². The molecule has 2 amide bonds. The van der Waals surface area contributed by atoms with Gasteiger partial charge in [-0.05, 0) is 36.8 Å². The van der Waals surface area contributed by atoms with Crippen molar-refractivity contribution in [2.45, 2.75) is 17.9 Å². The quantitative estimate of drug-likeness (QED) is 0.625. The van der Waals surface area contributed by atoms with E-state index in [-0.39, 0.29) is 16.6 Å². The average molecular weight is 363 g/mol. The number of urea groups is 1. The molecule has 9 heteroatoms. The molecule has 0 aliphatic carbocycles. The van der Waals surface area contributed by atoms with Gasteiger partial charge in [-0.1, -0.05) is 12.1 Å². The van der Waals surface area contributed by atoms with Crippen molar-refractivity contribution in [2.24, 2.45) is 0 Å². The minimum absolute atomic E-state index is 0.0645. The van der Waals surface area contributed by atoms with E-state index in [4.69, 9.17) is 0 Å². The normalized spacial score (nSPS) is 12.2. The lowest BCUT2D eigenvalue weighted by Gasteiger charge is -2.15. The summed E-state index contributed by atoms with van der Waals surface area (Å²) in [6, 6.07) is 10.9. The number of carbonyl (C=O) groups is 1. The van der Waals surface area contributed by atoms with E-state index in [0.717, 1.165) is 11.8 Å². The fourth-order valence-electron chi connectivity index (χ4n) is 2.12. The van der Waals surface area contributed by atoms with Crippen LogP contribution in [0.3, 0.4) is 0 Å². The molecule has 2 N–H and O–H groups in total. The first-order valence-corrected chi connectivity index (χ1v) is 9.18. The van der Waals surface area contributed by atoms with Gasteiger partial charge in [-0.25, -0.2) is 13.2 Å². The van der Waals surface area contributed by atoms with Crippen molar-refractivity contribution < 1.29 is 18.1 Å². The number of sulfone groups is 1. The molecule has 2 aromatic rings. The minimum Gasteiger partial charge on any atom is -0.331 e. The maximum absolute atomic E-state index is 12.0. The Morgan fingerprint density at radius 2 is 1.64 bits per heavy atom. The van der Waals surface area contributed by atoms with Gasteiger partial charge in [0.2, 0.25) is 0 Å². The summed E-state index contributed by atoms with van der Waals surface area (Å²) in [5.41, 5.74) is 1.10. The van der Waals surface area contributed by atoms with Gasteiger partial charge in [-0.2, -0.15) is 0 Å². The Hall–Kier alpha value is -2.94. The van der Waals surface area contributed by atoms with Crippen LogP contribution >= 0.6 is 0 Å². The van der Waals surface area contributed by atoms with Crippen LogP contribution in [0.15, 0.2) is 53.4 Å². The summed E-state index contributed by atoms with van der Waals surface area (Å²) < 4.78 is 22.9. The van der Waals surface area contributed by atoms with Crippen LogP contribution in [-0.4, -0.2) is 25.6 Å². The number of amides is 2. The number of nitro groups is 1. The van der Waals surface area contributed by atoms with Crippen molar-refractivity contribution in [2.75, 3.05) is 11.6 Å². The third-order valence-corrected chi connectivity index (χ3v) is 4.62. The van der Waals surface area contributed by atoms with Crippen LogP contribution in [-0.2, 0) is 9.84 Å². The van der Waals surface area contributed by atoms with E-state index >= 15 is 0 Å². The number of non-ortho nitro benzene ring substituents is 1. The number of rotatable bonds is 5. The molecule has 0 saturated carbocycles. The molecule has 0 fully saturated rings. The van der Waals surface area contributed by atoms with E-state index in [1.165, 1.54) is 36.4 Å². The van der Waals surface area contributed by atoms with Gasteiger partial charge < -0.3 is 10.6 Å². The van der Waals surface area contributed by atoms with Crippen molar-refractivity contribution in [1.29, 1.82) is 0 Å². The third-order valence-electron chi connectivity index (χ3n) is 3.49. The second kappa shape index (κ2) is 7.31. The first kappa shape index (κ1) is 18.4. The standard InChI is InChI=1S/C16H17N3O5S/c1-11(12-3-9-15(10-4-12)25(2,23)24)17-16(20)18-13-5-7-14(8-6-13)19(21)22/h3-11H,1-2H3,(H2,17,18,20). The van der Waals surface area contributed by atoms with Crippen LogP contribution in [0.5, 0.6) is 0 Å². The lowest BCUT2D eigenvalue weighted by molar-refractivity contribution is -0.384. The molecule has 132 valence electrons. The number of nitro benzene ring substituents is 1. The third kappa shape index (κ3) is 5.01. The van der Waals surface area contributed by atoms with Crippen LogP contribution < -0.4 is 10.6 Å². The van der Waals surface area contributed by atoms with Gasteiger partial charge in [-0.15, -0.1) is 0 Å². The number of carbonyl (C=O) groups excluding carboxylic acids is 1. The zero-order valence-electron chi connectivity index (χ0n) is 13.6. The molecule has 0 saturated heterocycles. The highest BCUT2D eigenvalue weighted by Gasteiger charge is 2.12. The lowest BCUT2D eigenvalue weighted by Crippen LogP contribution is -2.31. The molecule has 2 rings (SSSR count). The number of anilines is 1. The summed E-state index contributed by atoms with van der Waals surface area (Å²) in [6.45, 7) is 1.75. The maximum atomic E-state index is 12.0. The molecule has 1 unspecified atom stereocenters. The van der Waals surface area contributed by atoms with Gasteiger partial charge >= 0.3 is 6.03 Å². The molecule has 0 bridgehead atoms. The van der Waals surface area contributed by atoms with E-state index in [9.17, 15) is 23.3 Å². The van der Waals surface area contributed by atoms with E-state index in [2.05, 4.69) is 10.6 Å². The van der Waals surface area contributed by atoms with E-state index in [0.29, 0.717) is 5.69 Å². The van der Waals surface area contributed by atoms with Crippen LogP contribution in [0.4, 0.5) is 16.2 Å². The molecule has 0 aromatic heterocycles. The zero-order chi connectivity index (χ0) is 18.6. The Balaban J connectivity index is 1.98. The number of nitrogens with one attached hydrogen (secondary N) is 2. The van der Waals surface area contributed by atoms with Gasteiger partial charge in [-0.3, -0.25) is 10.1 Å². The number of benzene rings is 2. The number of hydrogen-bond donors (Lipinski definition) is 2. The van der Waals surface area contributed by atoms with Gasteiger partial charge in [0, 0.05) is 24.1 Å². The molecular weight excluding hydrogens is 346 g/mol. The highest BCUT2D eigenvalue weighted by atomic mass is 32.2. The predicted molar refractivity (Wildman–Crippen MR) is 93.2 cm³/mol. The average Bonchev–Trinajstić information content (AvgIpc) is 2.54. The Kier molecular flexibility index (Phi) is 5.38. The van der Waals surface area contributed by atoms with Crippen molar-refractivity contribution >= 4 is 27.2 Å². The van der Waals surface area contributed by atoms with E-state index in [1.54, 1.807) is 19.1 Å². The Labute approximate surface area is 144 Å². The molecule has 0 radical (unpaired) electrons. The maximum Gasteiger partial charge on any atom is 0.319 e.